The van der Waals surface area contributed by atoms with Crippen LogP contribution in [0.3, 0.4) is 0 Å². The number of aromatic nitrogens is 1. The molecular weight excluding hydrogens is 438 g/mol. The van der Waals surface area contributed by atoms with E-state index in [-0.39, 0.29) is 31.0 Å². The molecule has 2 aliphatic rings. The second-order valence-electron chi connectivity index (χ2n) is 10.6. The molecule has 1 saturated heterocycles. The highest BCUT2D eigenvalue weighted by Crippen LogP contribution is 2.39. The van der Waals surface area contributed by atoms with E-state index in [0.717, 1.165) is 36.5 Å². The van der Waals surface area contributed by atoms with Gasteiger partial charge in [-0.05, 0) is 44.6 Å². The van der Waals surface area contributed by atoms with Gasteiger partial charge in [0.1, 0.15) is 6.23 Å². The van der Waals surface area contributed by atoms with Crippen molar-refractivity contribution in [3.05, 3.63) is 59.4 Å². The van der Waals surface area contributed by atoms with Crippen molar-refractivity contribution in [1.29, 1.82) is 0 Å². The van der Waals surface area contributed by atoms with Crippen LogP contribution in [0.2, 0.25) is 0 Å². The second kappa shape index (κ2) is 11.2. The number of hydrogen-bond donors (Lipinski definition) is 1. The number of benzene rings is 1. The van der Waals surface area contributed by atoms with Crippen LogP contribution in [0, 0.1) is 0 Å². The van der Waals surface area contributed by atoms with Crippen LogP contribution in [0.15, 0.2) is 42.6 Å². The van der Waals surface area contributed by atoms with Crippen molar-refractivity contribution in [2.24, 2.45) is 0 Å². The van der Waals surface area contributed by atoms with Crippen LogP contribution in [0.1, 0.15) is 45.0 Å². The zero-order valence-corrected chi connectivity index (χ0v) is 21.4. The number of fused-ring (bicyclic) bond motifs is 1. The molecule has 1 aromatic heterocycles. The van der Waals surface area contributed by atoms with Gasteiger partial charge in [-0.3, -0.25) is 19.6 Å². The quantitative estimate of drug-likeness (QED) is 0.613. The summed E-state index contributed by atoms with van der Waals surface area (Å²) in [5.41, 5.74) is 4.16. The molecule has 1 unspecified atom stereocenters. The maximum Gasteiger partial charge on any atom is 0.241 e. The molecule has 35 heavy (non-hydrogen) atoms. The van der Waals surface area contributed by atoms with Gasteiger partial charge in [0, 0.05) is 44.4 Å². The van der Waals surface area contributed by atoms with Gasteiger partial charge < -0.3 is 15.0 Å². The minimum absolute atomic E-state index is 0. The highest BCUT2D eigenvalue weighted by atomic mass is 16.5. The minimum Gasteiger partial charge on any atom is -0.365 e. The molecule has 7 heteroatoms. The molecule has 0 saturated carbocycles. The fourth-order valence-corrected chi connectivity index (χ4v) is 5.36. The van der Waals surface area contributed by atoms with Crippen LogP contribution in [0.25, 0.3) is 0 Å². The number of ether oxygens (including phenoxy) is 1. The highest BCUT2D eigenvalue weighted by molar-refractivity contribution is 5.97. The fraction of sp³-hybridized carbons (Fsp3) is 0.571. The Morgan fingerprint density at radius 3 is 2.63 bits per heavy atom. The van der Waals surface area contributed by atoms with Gasteiger partial charge in [0.05, 0.1) is 24.0 Å². The van der Waals surface area contributed by atoms with Gasteiger partial charge in [0.2, 0.25) is 5.91 Å². The summed E-state index contributed by atoms with van der Waals surface area (Å²) in [5.74, 6) is 0.123. The van der Waals surface area contributed by atoms with Crippen LogP contribution in [0.5, 0.6) is 0 Å². The largest absolute Gasteiger partial charge is 0.365 e. The third kappa shape index (κ3) is 5.92. The lowest BCUT2D eigenvalue weighted by molar-refractivity contribution is -0.124. The number of rotatable bonds is 7. The van der Waals surface area contributed by atoms with E-state index in [0.29, 0.717) is 19.1 Å². The Kier molecular flexibility index (Phi) is 8.70. The number of hydrogen-bond acceptors (Lipinski definition) is 6. The van der Waals surface area contributed by atoms with Crippen molar-refractivity contribution in [2.75, 3.05) is 52.3 Å². The van der Waals surface area contributed by atoms with E-state index in [2.05, 4.69) is 66.2 Å². The summed E-state index contributed by atoms with van der Waals surface area (Å²) < 4.78 is 5.79. The van der Waals surface area contributed by atoms with Gasteiger partial charge in [0.15, 0.2) is 0 Å². The first-order chi connectivity index (χ1) is 16.2. The monoisotopic (exact) mass is 481 g/mol. The van der Waals surface area contributed by atoms with Crippen molar-refractivity contribution in [2.45, 2.75) is 58.3 Å². The number of likely N-dealkylation sites (N-methyl/N-ethyl adjacent to an activating group) is 1. The van der Waals surface area contributed by atoms with Crippen molar-refractivity contribution in [3.63, 3.8) is 0 Å². The molecule has 1 amide bonds. The molecule has 192 valence electrons. The van der Waals surface area contributed by atoms with Crippen molar-refractivity contribution >= 4 is 11.6 Å². The predicted octanol–water partition coefficient (Wildman–Crippen LogP) is 3.13. The molecule has 1 aromatic carbocycles. The van der Waals surface area contributed by atoms with Crippen molar-refractivity contribution in [1.82, 2.24) is 20.1 Å². The van der Waals surface area contributed by atoms with E-state index in [1.54, 1.807) is 7.11 Å². The number of nitrogens with zero attached hydrogens (tertiary/aromatic N) is 4. The first-order valence-corrected chi connectivity index (χ1v) is 12.2. The number of methoxy groups -OCH3 is 1. The Morgan fingerprint density at radius 2 is 1.97 bits per heavy atom. The SMILES string of the molecule is C.COC([C@H]1CN[C@H](C)CN1CC(=O)N1CC(C)(C)c2ncc(Cc3ccccc3)cc21)N(C)C. The van der Waals surface area contributed by atoms with E-state index in [4.69, 9.17) is 9.72 Å². The number of anilines is 1. The zero-order valence-electron chi connectivity index (χ0n) is 21.4. The molecule has 1 N–H and O–H groups in total. The van der Waals surface area contributed by atoms with Gasteiger partial charge in [0.25, 0.3) is 0 Å². The minimum atomic E-state index is -0.175. The summed E-state index contributed by atoms with van der Waals surface area (Å²) in [5, 5.41) is 3.55. The molecular formula is C28H43N5O2. The van der Waals surface area contributed by atoms with Gasteiger partial charge >= 0.3 is 0 Å². The third-order valence-corrected chi connectivity index (χ3v) is 7.03. The lowest BCUT2D eigenvalue weighted by atomic mass is 9.91. The van der Waals surface area contributed by atoms with E-state index in [1.165, 1.54) is 5.56 Å². The molecule has 2 aromatic rings. The maximum atomic E-state index is 13.7. The van der Waals surface area contributed by atoms with Crippen LogP contribution in [-0.2, 0) is 21.4 Å². The number of pyridine rings is 1. The summed E-state index contributed by atoms with van der Waals surface area (Å²) in [6, 6.07) is 13.0. The maximum absolute atomic E-state index is 13.7. The molecule has 0 bridgehead atoms. The molecule has 1 fully saturated rings. The molecule has 0 aliphatic carbocycles. The summed E-state index contributed by atoms with van der Waals surface area (Å²) in [4.78, 5) is 24.9. The number of carbonyl (C=O) groups is 1. The van der Waals surface area contributed by atoms with Gasteiger partial charge in [-0.15, -0.1) is 0 Å². The Bertz CT molecular complexity index is 994. The smallest absolute Gasteiger partial charge is 0.241 e. The summed E-state index contributed by atoms with van der Waals surface area (Å²) in [7, 11) is 5.78. The molecule has 7 nitrogen and oxygen atoms in total. The Balaban J connectivity index is 0.00000342. The summed E-state index contributed by atoms with van der Waals surface area (Å²) >= 11 is 0. The van der Waals surface area contributed by atoms with Crippen LogP contribution in [0.4, 0.5) is 5.69 Å². The van der Waals surface area contributed by atoms with Crippen LogP contribution < -0.4 is 10.2 Å². The average molecular weight is 482 g/mol. The predicted molar refractivity (Wildman–Crippen MR) is 143 cm³/mol. The van der Waals surface area contributed by atoms with Crippen LogP contribution >= 0.6 is 0 Å². The number of piperazine rings is 1. The van der Waals surface area contributed by atoms with E-state index >= 15 is 0 Å². The number of amides is 1. The third-order valence-electron chi connectivity index (χ3n) is 7.03. The van der Waals surface area contributed by atoms with Crippen molar-refractivity contribution < 1.29 is 9.53 Å². The normalized spacial score (nSPS) is 22.5. The molecule has 0 radical (unpaired) electrons. The van der Waals surface area contributed by atoms with Gasteiger partial charge in [-0.1, -0.05) is 51.6 Å². The molecule has 0 spiro atoms. The lowest BCUT2D eigenvalue weighted by Gasteiger charge is -2.44. The first kappa shape index (κ1) is 27.3. The summed E-state index contributed by atoms with van der Waals surface area (Å²) in [6.45, 7) is 9.12. The highest BCUT2D eigenvalue weighted by Gasteiger charge is 2.41. The van der Waals surface area contributed by atoms with Gasteiger partial charge in [-0.25, -0.2) is 0 Å². The molecule has 3 atom stereocenters. The van der Waals surface area contributed by atoms with E-state index in [1.807, 2.05) is 31.3 Å². The van der Waals surface area contributed by atoms with Crippen LogP contribution in [-0.4, -0.2) is 86.4 Å². The second-order valence-corrected chi connectivity index (χ2v) is 10.6. The molecule has 4 rings (SSSR count). The topological polar surface area (TPSA) is 60.9 Å². The molecule has 2 aliphatic heterocycles. The standard InChI is InChI=1S/C27H39N5O2.CH4/c1-19-16-31(23(15-28-19)26(34-6)30(4)5)17-24(33)32-18-27(2,3)25-22(32)13-21(14-29-25)12-20-10-8-7-9-11-20;/h7-11,13-14,19,23,26,28H,12,15-18H2,1-6H3;1H4/t19-,23-,26?;/m1./s1. The van der Waals surface area contributed by atoms with E-state index in [9.17, 15) is 4.79 Å². The average Bonchev–Trinajstić information content (AvgIpc) is 3.06. The van der Waals surface area contributed by atoms with Gasteiger partial charge in [-0.2, -0.15) is 0 Å². The fourth-order valence-electron chi connectivity index (χ4n) is 5.36. The number of carbonyl (C=O) groups excluding carboxylic acids is 1. The zero-order chi connectivity index (χ0) is 24.5. The Hall–Kier alpha value is -2.32. The van der Waals surface area contributed by atoms with Crippen molar-refractivity contribution in [3.8, 4) is 0 Å². The van der Waals surface area contributed by atoms with E-state index < -0.39 is 0 Å². The molecule has 3 heterocycles. The Morgan fingerprint density at radius 1 is 1.26 bits per heavy atom. The Labute approximate surface area is 211 Å². The lowest BCUT2D eigenvalue weighted by Crippen LogP contribution is -2.64. The first-order valence-electron chi connectivity index (χ1n) is 12.2. The number of nitrogens with one attached hydrogen (secondary N) is 1. The summed E-state index contributed by atoms with van der Waals surface area (Å²) in [6.07, 6.45) is 2.68.